The Morgan fingerprint density at radius 2 is 1.67 bits per heavy atom. The van der Waals surface area contributed by atoms with Crippen LogP contribution in [0.25, 0.3) is 0 Å². The third-order valence-electron chi connectivity index (χ3n) is 15.7. The van der Waals surface area contributed by atoms with E-state index < -0.39 is 84.1 Å². The molecule has 3 aromatic rings. The number of phenolic OH excluding ortho intramolecular Hbond substituents is 1. The topological polar surface area (TPSA) is 223 Å². The van der Waals surface area contributed by atoms with Crippen molar-refractivity contribution < 1.29 is 50.8 Å². The number of unbranched alkanes of at least 4 members (excludes halogenated alkanes) is 1. The minimum absolute atomic E-state index is 0.0258. The molecule has 1 aliphatic carbocycles. The Labute approximate surface area is 413 Å². The highest BCUT2D eigenvalue weighted by atomic mass is 16.4. The summed E-state index contributed by atoms with van der Waals surface area (Å²) in [6.45, 7) is 3.48. The molecule has 70 heavy (non-hydrogen) atoms. The number of aliphatic hydroxyl groups is 7. The monoisotopic (exact) mass is 961 g/mol. The molecule has 1 saturated heterocycles. The van der Waals surface area contributed by atoms with E-state index in [2.05, 4.69) is 22.5 Å². The number of carbonyl (C=O) groups is 1. The Hall–Kier alpha value is -4.65. The summed E-state index contributed by atoms with van der Waals surface area (Å²) in [6.07, 6.45) is 7.05. The van der Waals surface area contributed by atoms with Crippen molar-refractivity contribution in [3.8, 4) is 17.6 Å². The first-order valence-corrected chi connectivity index (χ1v) is 25.6. The third-order valence-corrected chi connectivity index (χ3v) is 15.7. The number of hydrogen-bond donors (Lipinski definition) is 11. The smallest absolute Gasteiger partial charge is 0.303 e. The zero-order valence-electron chi connectivity index (χ0n) is 40.8. The maximum absolute atomic E-state index is 13.8. The minimum Gasteiger partial charge on any atom is -0.508 e. The molecule has 1 spiro atoms. The van der Waals surface area contributed by atoms with Gasteiger partial charge in [0.15, 0.2) is 0 Å². The number of aliphatic carboxylic acids is 1. The maximum atomic E-state index is 13.8. The molecule has 0 saturated carbocycles. The van der Waals surface area contributed by atoms with Gasteiger partial charge in [-0.3, -0.25) is 4.79 Å². The Morgan fingerprint density at radius 3 is 2.40 bits per heavy atom. The predicted octanol–water partition coefficient (Wildman–Crippen LogP) is 5.59. The molecule has 4 aliphatic heterocycles. The van der Waals surface area contributed by atoms with Crippen LogP contribution in [0.1, 0.15) is 112 Å². The number of carboxylic acids is 1. The van der Waals surface area contributed by atoms with E-state index in [4.69, 9.17) is 0 Å². The standard InChI is InChI=1S/C58H76N2O10/c1-3-4-11-51(64)52(65)28-22-43-20-19-41-8-5-6-9-42(41)21-23-44-10-7-30-57(70,34-39-17-24-45(62)25-18-39)58(44)35-40-15-13-38(14-16-40)31-54(67)47-26-12-37(2)59-56(49(47)33-55(68)69)53(66)29-27-50(60-58)48(43)32-46(63)36-61/h5-10,13-18,22,24-25,28,37,44,46-47,49-54,56,59-67,70H,3-4,11-12,19-20,26-27,29-36H2,1-2H3,(H,68,69). The van der Waals surface area contributed by atoms with Gasteiger partial charge in [-0.2, -0.15) is 0 Å². The lowest BCUT2D eigenvalue weighted by molar-refractivity contribution is -0.139. The number of aromatic hydroxyl groups is 1. The van der Waals surface area contributed by atoms with Crippen molar-refractivity contribution in [1.82, 2.24) is 10.6 Å². The van der Waals surface area contributed by atoms with Gasteiger partial charge in [-0.15, -0.1) is 0 Å². The van der Waals surface area contributed by atoms with Crippen LogP contribution in [-0.2, 0) is 30.5 Å². The molecule has 1 fully saturated rings. The number of allylic oxidation sites excluding steroid dienone is 2. The van der Waals surface area contributed by atoms with E-state index in [1.807, 2.05) is 80.6 Å². The number of aryl methyl sites for hydroxylation is 1. The molecule has 13 atom stereocenters. The first kappa shape index (κ1) is 53.2. The SMILES string of the molecule is CCCCC(O)C(O)C=CC1=C(CC(O)CO)C2CCC(O)C3NC(C)CCC(C(O)Cc4ccc(cc4)CC4(N2)C(C#Cc2ccccc2CC1)C=CCC4(O)Cc1ccc(O)cc1)C3CC(=O)O. The van der Waals surface area contributed by atoms with Crippen LogP contribution >= 0.6 is 0 Å². The van der Waals surface area contributed by atoms with Crippen LogP contribution < -0.4 is 10.6 Å². The van der Waals surface area contributed by atoms with Crippen molar-refractivity contribution in [2.45, 2.75) is 170 Å². The van der Waals surface area contributed by atoms with Gasteiger partial charge in [0.05, 0.1) is 60.6 Å². The number of benzene rings is 3. The number of phenols is 1. The Balaban J connectivity index is 1.51. The van der Waals surface area contributed by atoms with Gasteiger partial charge in [-0.1, -0.05) is 111 Å². The van der Waals surface area contributed by atoms with E-state index in [-0.39, 0.29) is 63.2 Å². The summed E-state index contributed by atoms with van der Waals surface area (Å²) in [5, 5.41) is 111. The van der Waals surface area contributed by atoms with Crippen LogP contribution in [-0.4, -0.2) is 118 Å². The van der Waals surface area contributed by atoms with Gasteiger partial charge in [-0.05, 0) is 141 Å². The van der Waals surface area contributed by atoms with Crippen LogP contribution in [0.5, 0.6) is 5.75 Å². The largest absolute Gasteiger partial charge is 0.508 e. The van der Waals surface area contributed by atoms with Crippen molar-refractivity contribution >= 4 is 5.97 Å². The first-order valence-electron chi connectivity index (χ1n) is 25.6. The summed E-state index contributed by atoms with van der Waals surface area (Å²) >= 11 is 0. The molecule has 0 amide bonds. The zero-order chi connectivity index (χ0) is 50.0. The second-order valence-electron chi connectivity index (χ2n) is 20.7. The van der Waals surface area contributed by atoms with Gasteiger partial charge in [0.25, 0.3) is 0 Å². The first-order chi connectivity index (χ1) is 33.6. The van der Waals surface area contributed by atoms with Gasteiger partial charge in [0.1, 0.15) is 5.75 Å². The molecule has 5 aliphatic rings. The highest BCUT2D eigenvalue weighted by Crippen LogP contribution is 2.45. The molecule has 11 N–H and O–H groups in total. The van der Waals surface area contributed by atoms with Gasteiger partial charge in [-0.25, -0.2) is 0 Å². The second kappa shape index (κ2) is 24.2. The number of aliphatic hydroxyl groups excluding tert-OH is 6. The summed E-state index contributed by atoms with van der Waals surface area (Å²) in [6, 6.07) is 21.1. The van der Waals surface area contributed by atoms with Crippen molar-refractivity contribution in [2.24, 2.45) is 17.8 Å². The summed E-state index contributed by atoms with van der Waals surface area (Å²) in [5.74, 6) is 4.53. The van der Waals surface area contributed by atoms with Gasteiger partial charge >= 0.3 is 5.97 Å². The van der Waals surface area contributed by atoms with E-state index in [0.717, 1.165) is 46.2 Å². The molecule has 6 bridgehead atoms. The summed E-state index contributed by atoms with van der Waals surface area (Å²) in [4.78, 5) is 12.7. The van der Waals surface area contributed by atoms with Crippen molar-refractivity contribution in [1.29, 1.82) is 0 Å². The van der Waals surface area contributed by atoms with Gasteiger partial charge in [0.2, 0.25) is 0 Å². The lowest BCUT2D eigenvalue weighted by Gasteiger charge is -2.54. The molecule has 13 unspecified atom stereocenters. The quantitative estimate of drug-likeness (QED) is 0.0746. The van der Waals surface area contributed by atoms with E-state index >= 15 is 0 Å². The fourth-order valence-electron chi connectivity index (χ4n) is 11.8. The Morgan fingerprint density at radius 1 is 0.929 bits per heavy atom. The second-order valence-corrected chi connectivity index (χ2v) is 20.7. The molecule has 378 valence electrons. The lowest BCUT2D eigenvalue weighted by Crippen LogP contribution is -2.71. The van der Waals surface area contributed by atoms with Crippen molar-refractivity contribution in [3.05, 3.63) is 136 Å². The molecule has 0 aromatic heterocycles. The molecular weight excluding hydrogens is 885 g/mol. The molecule has 12 nitrogen and oxygen atoms in total. The molecule has 0 radical (unpaired) electrons. The molecule has 8 rings (SSSR count). The third kappa shape index (κ3) is 12.9. The summed E-state index contributed by atoms with van der Waals surface area (Å²) < 4.78 is 0. The molecule has 3 aromatic carbocycles. The minimum atomic E-state index is -1.58. The van der Waals surface area contributed by atoms with Crippen LogP contribution in [0.3, 0.4) is 0 Å². The fourth-order valence-corrected chi connectivity index (χ4v) is 11.8. The molecule has 12 heteroatoms. The number of fused-ring (bicyclic) bond motifs is 6. The summed E-state index contributed by atoms with van der Waals surface area (Å²) in [7, 11) is 0. The van der Waals surface area contributed by atoms with Crippen molar-refractivity contribution in [3.63, 3.8) is 0 Å². The van der Waals surface area contributed by atoms with E-state index in [0.29, 0.717) is 37.7 Å². The molecule has 4 heterocycles. The zero-order valence-corrected chi connectivity index (χ0v) is 40.8. The number of rotatable bonds is 13. The molecular formula is C58H76N2O10. The van der Waals surface area contributed by atoms with Crippen LogP contribution in [0.4, 0.5) is 0 Å². The predicted molar refractivity (Wildman–Crippen MR) is 271 cm³/mol. The Bertz CT molecular complexity index is 2350. The van der Waals surface area contributed by atoms with Crippen LogP contribution in [0, 0.1) is 29.6 Å². The van der Waals surface area contributed by atoms with E-state index in [1.54, 1.807) is 30.3 Å². The van der Waals surface area contributed by atoms with E-state index in [1.165, 1.54) is 0 Å². The van der Waals surface area contributed by atoms with Crippen LogP contribution in [0.15, 0.2) is 108 Å². The number of nitrogens with one attached hydrogen (secondary N) is 2. The fraction of sp³-hybridized carbons (Fsp3) is 0.534. The normalized spacial score (nSPS) is 30.9. The van der Waals surface area contributed by atoms with Crippen LogP contribution in [0.2, 0.25) is 0 Å². The number of carboxylic acid groups (broad SMARTS) is 1. The van der Waals surface area contributed by atoms with Gasteiger partial charge < -0.3 is 56.6 Å². The average Bonchev–Trinajstić information content (AvgIpc) is 3.50. The Kier molecular flexibility index (Phi) is 18.4. The highest BCUT2D eigenvalue weighted by molar-refractivity contribution is 5.67. The highest BCUT2D eigenvalue weighted by Gasteiger charge is 2.56. The van der Waals surface area contributed by atoms with E-state index in [9.17, 15) is 50.8 Å². The maximum Gasteiger partial charge on any atom is 0.303 e. The number of hydrogen-bond acceptors (Lipinski definition) is 11. The lowest BCUT2D eigenvalue weighted by atomic mass is 9.60. The van der Waals surface area contributed by atoms with Gasteiger partial charge in [0, 0.05) is 30.1 Å². The van der Waals surface area contributed by atoms with Crippen molar-refractivity contribution in [2.75, 3.05) is 6.61 Å². The summed E-state index contributed by atoms with van der Waals surface area (Å²) in [5.41, 5.74) is 2.80. The average molecular weight is 961 g/mol.